The van der Waals surface area contributed by atoms with E-state index < -0.39 is 5.82 Å². The SMILES string of the molecule is CCCCCNC(=O)C1CCC(C(=O)Nc2ccc(F)c(Cl)c2)CC1. The van der Waals surface area contributed by atoms with Crippen LogP contribution in [0.2, 0.25) is 5.02 Å². The summed E-state index contributed by atoms with van der Waals surface area (Å²) >= 11 is 5.73. The summed E-state index contributed by atoms with van der Waals surface area (Å²) in [4.78, 5) is 24.5. The molecule has 2 rings (SSSR count). The van der Waals surface area contributed by atoms with Gasteiger partial charge in [-0.1, -0.05) is 31.4 Å². The highest BCUT2D eigenvalue weighted by atomic mass is 35.5. The number of carbonyl (C=O) groups excluding carboxylic acids is 2. The Balaban J connectivity index is 1.76. The zero-order valence-corrected chi connectivity index (χ0v) is 15.4. The van der Waals surface area contributed by atoms with E-state index in [0.717, 1.165) is 38.6 Å². The van der Waals surface area contributed by atoms with E-state index in [4.69, 9.17) is 11.6 Å². The highest BCUT2D eigenvalue weighted by Gasteiger charge is 2.29. The number of anilines is 1. The van der Waals surface area contributed by atoms with Gasteiger partial charge in [-0.15, -0.1) is 0 Å². The highest BCUT2D eigenvalue weighted by Crippen LogP contribution is 2.30. The van der Waals surface area contributed by atoms with Gasteiger partial charge in [-0.25, -0.2) is 4.39 Å². The number of nitrogens with one attached hydrogen (secondary N) is 2. The summed E-state index contributed by atoms with van der Waals surface area (Å²) < 4.78 is 13.2. The number of carbonyl (C=O) groups is 2. The molecule has 0 unspecified atom stereocenters. The molecule has 4 nitrogen and oxygen atoms in total. The minimum absolute atomic E-state index is 0.00550. The average molecular weight is 369 g/mol. The van der Waals surface area contributed by atoms with Crippen LogP contribution >= 0.6 is 11.6 Å². The number of hydrogen-bond acceptors (Lipinski definition) is 2. The standard InChI is InChI=1S/C19H26ClFN2O2/c1-2-3-4-11-22-18(24)13-5-7-14(8-6-13)19(25)23-15-9-10-17(21)16(20)12-15/h9-10,12-14H,2-8,11H2,1H3,(H,22,24)(H,23,25). The van der Waals surface area contributed by atoms with E-state index in [2.05, 4.69) is 17.6 Å². The number of amides is 2. The molecule has 2 N–H and O–H groups in total. The van der Waals surface area contributed by atoms with Crippen molar-refractivity contribution in [3.8, 4) is 0 Å². The fraction of sp³-hybridized carbons (Fsp3) is 0.579. The lowest BCUT2D eigenvalue weighted by Gasteiger charge is -2.27. The average Bonchev–Trinajstić information content (AvgIpc) is 2.62. The topological polar surface area (TPSA) is 58.2 Å². The number of rotatable bonds is 7. The zero-order valence-electron chi connectivity index (χ0n) is 14.6. The summed E-state index contributed by atoms with van der Waals surface area (Å²) in [5.41, 5.74) is 0.493. The molecule has 25 heavy (non-hydrogen) atoms. The van der Waals surface area contributed by atoms with Crippen LogP contribution in [0.5, 0.6) is 0 Å². The predicted octanol–water partition coefficient (Wildman–Crippen LogP) is 4.53. The molecule has 0 aliphatic heterocycles. The molecule has 6 heteroatoms. The fourth-order valence-electron chi connectivity index (χ4n) is 3.17. The molecule has 0 aromatic heterocycles. The second kappa shape index (κ2) is 9.76. The van der Waals surface area contributed by atoms with E-state index in [1.165, 1.54) is 18.2 Å². The van der Waals surface area contributed by atoms with Crippen molar-refractivity contribution in [3.05, 3.63) is 29.0 Å². The Hall–Kier alpha value is -1.62. The Morgan fingerprint density at radius 3 is 2.36 bits per heavy atom. The maximum Gasteiger partial charge on any atom is 0.227 e. The smallest absolute Gasteiger partial charge is 0.227 e. The second-order valence-corrected chi connectivity index (χ2v) is 7.07. The van der Waals surface area contributed by atoms with E-state index in [0.29, 0.717) is 18.5 Å². The normalized spacial score (nSPS) is 20.1. The molecule has 1 aromatic rings. The van der Waals surface area contributed by atoms with Crippen LogP contribution in [-0.4, -0.2) is 18.4 Å². The summed E-state index contributed by atoms with van der Waals surface area (Å²) in [6.45, 7) is 2.87. The molecular weight excluding hydrogens is 343 g/mol. The largest absolute Gasteiger partial charge is 0.356 e. The second-order valence-electron chi connectivity index (χ2n) is 6.66. The molecule has 1 aromatic carbocycles. The van der Waals surface area contributed by atoms with Crippen LogP contribution in [0.1, 0.15) is 51.9 Å². The molecule has 0 heterocycles. The number of unbranched alkanes of at least 4 members (excludes halogenated alkanes) is 2. The van der Waals surface area contributed by atoms with Crippen molar-refractivity contribution in [3.63, 3.8) is 0 Å². The van der Waals surface area contributed by atoms with Gasteiger partial charge in [0.2, 0.25) is 11.8 Å². The summed E-state index contributed by atoms with van der Waals surface area (Å²) in [6, 6.07) is 4.14. The summed E-state index contributed by atoms with van der Waals surface area (Å²) in [5, 5.41) is 5.76. The number of benzene rings is 1. The Morgan fingerprint density at radius 2 is 1.76 bits per heavy atom. The molecular formula is C19H26ClFN2O2. The Bertz CT molecular complexity index is 601. The van der Waals surface area contributed by atoms with Crippen molar-refractivity contribution in [2.75, 3.05) is 11.9 Å². The summed E-state index contributed by atoms with van der Waals surface area (Å²) in [7, 11) is 0. The number of hydrogen-bond donors (Lipinski definition) is 2. The van der Waals surface area contributed by atoms with Crippen LogP contribution in [0.15, 0.2) is 18.2 Å². The third-order valence-electron chi connectivity index (χ3n) is 4.74. The molecule has 138 valence electrons. The Labute approximate surface area is 153 Å². The first-order chi connectivity index (χ1) is 12.0. The Morgan fingerprint density at radius 1 is 1.12 bits per heavy atom. The molecule has 2 amide bonds. The highest BCUT2D eigenvalue weighted by molar-refractivity contribution is 6.31. The van der Waals surface area contributed by atoms with E-state index in [1.54, 1.807) is 0 Å². The van der Waals surface area contributed by atoms with Crippen LogP contribution in [0, 0.1) is 17.7 Å². The van der Waals surface area contributed by atoms with Crippen molar-refractivity contribution >= 4 is 29.1 Å². The van der Waals surface area contributed by atoms with Crippen LogP contribution in [0.25, 0.3) is 0 Å². The molecule has 1 aliphatic carbocycles. The predicted molar refractivity (Wildman–Crippen MR) is 98.0 cm³/mol. The Kier molecular flexibility index (Phi) is 7.69. The van der Waals surface area contributed by atoms with Crippen molar-refractivity contribution in [1.29, 1.82) is 0 Å². The first kappa shape index (κ1) is 19.7. The van der Waals surface area contributed by atoms with Crippen molar-refractivity contribution < 1.29 is 14.0 Å². The van der Waals surface area contributed by atoms with Gasteiger partial charge in [-0.2, -0.15) is 0 Å². The molecule has 0 spiro atoms. The lowest BCUT2D eigenvalue weighted by atomic mass is 9.81. The van der Waals surface area contributed by atoms with Crippen LogP contribution in [0.3, 0.4) is 0 Å². The molecule has 0 radical (unpaired) electrons. The molecule has 0 bridgehead atoms. The van der Waals surface area contributed by atoms with Gasteiger partial charge in [-0.3, -0.25) is 9.59 Å². The first-order valence-electron chi connectivity index (χ1n) is 9.05. The minimum Gasteiger partial charge on any atom is -0.356 e. The molecule has 0 atom stereocenters. The van der Waals surface area contributed by atoms with Crippen LogP contribution in [0.4, 0.5) is 10.1 Å². The molecule has 1 aliphatic rings. The van der Waals surface area contributed by atoms with Gasteiger partial charge < -0.3 is 10.6 Å². The minimum atomic E-state index is -0.509. The number of halogens is 2. The van der Waals surface area contributed by atoms with Gasteiger partial charge in [0, 0.05) is 24.1 Å². The lowest BCUT2D eigenvalue weighted by molar-refractivity contribution is -0.128. The van der Waals surface area contributed by atoms with E-state index >= 15 is 0 Å². The van der Waals surface area contributed by atoms with Gasteiger partial charge >= 0.3 is 0 Å². The van der Waals surface area contributed by atoms with Crippen LogP contribution in [-0.2, 0) is 9.59 Å². The first-order valence-corrected chi connectivity index (χ1v) is 9.42. The molecule has 1 fully saturated rings. The third-order valence-corrected chi connectivity index (χ3v) is 5.03. The maximum absolute atomic E-state index is 13.2. The summed E-state index contributed by atoms with van der Waals surface area (Å²) in [5.74, 6) is -0.603. The van der Waals surface area contributed by atoms with Gasteiger partial charge in [0.25, 0.3) is 0 Å². The monoisotopic (exact) mass is 368 g/mol. The summed E-state index contributed by atoms with van der Waals surface area (Å²) in [6.07, 6.45) is 6.10. The van der Waals surface area contributed by atoms with Crippen molar-refractivity contribution in [2.24, 2.45) is 11.8 Å². The van der Waals surface area contributed by atoms with Crippen molar-refractivity contribution in [1.82, 2.24) is 5.32 Å². The third kappa shape index (κ3) is 5.99. The van der Waals surface area contributed by atoms with E-state index in [9.17, 15) is 14.0 Å². The molecule has 0 saturated heterocycles. The maximum atomic E-state index is 13.2. The van der Waals surface area contributed by atoms with Gasteiger partial charge in [-0.05, 0) is 50.3 Å². The zero-order chi connectivity index (χ0) is 18.2. The van der Waals surface area contributed by atoms with E-state index in [1.807, 2.05) is 0 Å². The quantitative estimate of drug-likeness (QED) is 0.694. The lowest BCUT2D eigenvalue weighted by Crippen LogP contribution is -2.35. The van der Waals surface area contributed by atoms with Gasteiger partial charge in [0.05, 0.1) is 5.02 Å². The van der Waals surface area contributed by atoms with E-state index in [-0.39, 0.29) is 28.7 Å². The van der Waals surface area contributed by atoms with Gasteiger partial charge in [0.15, 0.2) is 0 Å². The molecule has 1 saturated carbocycles. The fourth-order valence-corrected chi connectivity index (χ4v) is 3.35. The van der Waals surface area contributed by atoms with Crippen LogP contribution < -0.4 is 10.6 Å². The van der Waals surface area contributed by atoms with Crippen molar-refractivity contribution in [2.45, 2.75) is 51.9 Å². The van der Waals surface area contributed by atoms with Gasteiger partial charge in [0.1, 0.15) is 5.82 Å².